The third kappa shape index (κ3) is 3.51. The number of hydrogen-bond donors (Lipinski definition) is 1. The summed E-state index contributed by atoms with van der Waals surface area (Å²) in [5.74, 6) is -0.200. The van der Waals surface area contributed by atoms with Gasteiger partial charge < -0.3 is 5.32 Å². The van der Waals surface area contributed by atoms with Crippen molar-refractivity contribution in [3.8, 4) is 0 Å². The summed E-state index contributed by atoms with van der Waals surface area (Å²) in [4.78, 5) is 0. The largest absolute Gasteiger partial charge is 0.319 e. The first-order chi connectivity index (χ1) is 9.63. The zero-order valence-electron chi connectivity index (χ0n) is 11.2. The molecule has 1 unspecified atom stereocenters. The predicted octanol–water partition coefficient (Wildman–Crippen LogP) is 4.68. The van der Waals surface area contributed by atoms with Gasteiger partial charge in [-0.15, -0.1) is 0 Å². The van der Waals surface area contributed by atoms with Crippen molar-refractivity contribution in [2.75, 3.05) is 13.6 Å². The van der Waals surface area contributed by atoms with Gasteiger partial charge in [-0.2, -0.15) is 0 Å². The monoisotopic (exact) mass is 311 g/mol. The highest BCUT2D eigenvalue weighted by Crippen LogP contribution is 2.30. The topological polar surface area (TPSA) is 12.0 Å². The zero-order chi connectivity index (χ0) is 14.5. The van der Waals surface area contributed by atoms with E-state index < -0.39 is 0 Å². The van der Waals surface area contributed by atoms with Crippen LogP contribution < -0.4 is 5.32 Å². The molecule has 2 rings (SSSR count). The van der Waals surface area contributed by atoms with Gasteiger partial charge >= 0.3 is 0 Å². The van der Waals surface area contributed by atoms with Crippen molar-refractivity contribution in [1.82, 2.24) is 5.32 Å². The Kier molecular flexibility index (Phi) is 5.41. The molecule has 4 heteroatoms. The van der Waals surface area contributed by atoms with Crippen molar-refractivity contribution in [2.45, 2.75) is 12.3 Å². The minimum atomic E-state index is -0.273. The molecule has 1 N–H and O–H groups in total. The second-order valence-electron chi connectivity index (χ2n) is 4.68. The fraction of sp³-hybridized carbons (Fsp3) is 0.250. The molecule has 1 nitrogen and oxygen atoms in total. The maximum atomic E-state index is 13.9. The summed E-state index contributed by atoms with van der Waals surface area (Å²) in [6.07, 6.45) is 0.510. The van der Waals surface area contributed by atoms with Crippen LogP contribution in [0.5, 0.6) is 0 Å². The molecule has 0 saturated heterocycles. The maximum Gasteiger partial charge on any atom is 0.127 e. The Morgan fingerprint density at radius 2 is 1.75 bits per heavy atom. The standard InChI is InChI=1S/C16H16Cl2FN/c1-20-10-11(12-5-2-3-6-14(12)17)9-13-15(18)7-4-8-16(13)19/h2-8,11,20H,9-10H2,1H3. The van der Waals surface area contributed by atoms with Gasteiger partial charge in [-0.25, -0.2) is 4.39 Å². The first-order valence-electron chi connectivity index (χ1n) is 6.45. The summed E-state index contributed by atoms with van der Waals surface area (Å²) >= 11 is 12.4. The molecule has 0 fully saturated rings. The van der Waals surface area contributed by atoms with E-state index in [0.717, 1.165) is 5.56 Å². The molecule has 0 amide bonds. The van der Waals surface area contributed by atoms with Crippen LogP contribution >= 0.6 is 23.2 Å². The highest BCUT2D eigenvalue weighted by molar-refractivity contribution is 6.31. The summed E-state index contributed by atoms with van der Waals surface area (Å²) < 4.78 is 13.9. The van der Waals surface area contributed by atoms with E-state index in [4.69, 9.17) is 23.2 Å². The first kappa shape index (κ1) is 15.3. The quantitative estimate of drug-likeness (QED) is 0.845. The SMILES string of the molecule is CNCC(Cc1c(F)cccc1Cl)c1ccccc1Cl. The van der Waals surface area contributed by atoms with E-state index in [1.165, 1.54) is 6.07 Å². The number of nitrogens with one attached hydrogen (secondary N) is 1. The summed E-state index contributed by atoms with van der Waals surface area (Å²) in [6.45, 7) is 0.703. The van der Waals surface area contributed by atoms with Crippen LogP contribution in [0, 0.1) is 5.82 Å². The summed E-state index contributed by atoms with van der Waals surface area (Å²) in [6, 6.07) is 12.4. The molecule has 2 aromatic rings. The molecule has 0 radical (unpaired) electrons. The Morgan fingerprint density at radius 3 is 2.40 bits per heavy atom. The van der Waals surface area contributed by atoms with E-state index in [-0.39, 0.29) is 11.7 Å². The van der Waals surface area contributed by atoms with Crippen LogP contribution in [0.4, 0.5) is 4.39 Å². The fourth-order valence-electron chi connectivity index (χ4n) is 2.32. The Morgan fingerprint density at radius 1 is 1.05 bits per heavy atom. The van der Waals surface area contributed by atoms with Gasteiger partial charge in [0, 0.05) is 28.1 Å². The number of hydrogen-bond acceptors (Lipinski definition) is 1. The van der Waals surface area contributed by atoms with Gasteiger partial charge in [0.1, 0.15) is 5.82 Å². The minimum absolute atomic E-state index is 0.0723. The molecule has 2 aromatic carbocycles. The highest BCUT2D eigenvalue weighted by atomic mass is 35.5. The molecular weight excluding hydrogens is 296 g/mol. The minimum Gasteiger partial charge on any atom is -0.319 e. The molecule has 0 aliphatic heterocycles. The number of rotatable bonds is 5. The first-order valence-corrected chi connectivity index (χ1v) is 7.21. The van der Waals surface area contributed by atoms with Gasteiger partial charge in [-0.3, -0.25) is 0 Å². The smallest absolute Gasteiger partial charge is 0.127 e. The van der Waals surface area contributed by atoms with Crippen LogP contribution in [0.25, 0.3) is 0 Å². The third-order valence-corrected chi connectivity index (χ3v) is 4.01. The Hall–Kier alpha value is -1.09. The Balaban J connectivity index is 2.33. The van der Waals surface area contributed by atoms with Crippen LogP contribution in [0.15, 0.2) is 42.5 Å². The summed E-state index contributed by atoms with van der Waals surface area (Å²) in [7, 11) is 1.87. The Labute approximate surface area is 128 Å². The van der Waals surface area contributed by atoms with Crippen LogP contribution in [0.3, 0.4) is 0 Å². The molecule has 1 atom stereocenters. The number of benzene rings is 2. The molecule has 0 bridgehead atoms. The lowest BCUT2D eigenvalue weighted by molar-refractivity contribution is 0.575. The normalized spacial score (nSPS) is 12.4. The van der Waals surface area contributed by atoms with E-state index in [2.05, 4.69) is 5.32 Å². The van der Waals surface area contributed by atoms with Crippen molar-refractivity contribution in [3.63, 3.8) is 0 Å². The average molecular weight is 312 g/mol. The van der Waals surface area contributed by atoms with E-state index in [0.29, 0.717) is 28.6 Å². The van der Waals surface area contributed by atoms with E-state index in [9.17, 15) is 4.39 Å². The van der Waals surface area contributed by atoms with Gasteiger partial charge in [0.25, 0.3) is 0 Å². The van der Waals surface area contributed by atoms with Gasteiger partial charge in [0.2, 0.25) is 0 Å². The molecule has 0 aromatic heterocycles. The lowest BCUT2D eigenvalue weighted by atomic mass is 9.91. The van der Waals surface area contributed by atoms with Crippen LogP contribution in [0.2, 0.25) is 10.0 Å². The van der Waals surface area contributed by atoms with E-state index in [1.807, 2.05) is 31.3 Å². The molecule has 106 valence electrons. The van der Waals surface area contributed by atoms with Crippen molar-refractivity contribution in [3.05, 3.63) is 69.5 Å². The summed E-state index contributed by atoms with van der Waals surface area (Å²) in [5.41, 5.74) is 1.54. The molecular formula is C16H16Cl2FN. The van der Waals surface area contributed by atoms with E-state index in [1.54, 1.807) is 12.1 Å². The van der Waals surface area contributed by atoms with Gasteiger partial charge in [0.05, 0.1) is 0 Å². The second-order valence-corrected chi connectivity index (χ2v) is 5.49. The zero-order valence-corrected chi connectivity index (χ0v) is 12.7. The average Bonchev–Trinajstić information content (AvgIpc) is 2.43. The van der Waals surface area contributed by atoms with Crippen LogP contribution in [-0.4, -0.2) is 13.6 Å². The van der Waals surface area contributed by atoms with Gasteiger partial charge in [-0.05, 0) is 37.2 Å². The number of likely N-dealkylation sites (N-methyl/N-ethyl adjacent to an activating group) is 1. The van der Waals surface area contributed by atoms with Crippen LogP contribution in [0.1, 0.15) is 17.0 Å². The van der Waals surface area contributed by atoms with Crippen molar-refractivity contribution in [2.24, 2.45) is 0 Å². The molecule has 0 aliphatic carbocycles. The van der Waals surface area contributed by atoms with Crippen molar-refractivity contribution < 1.29 is 4.39 Å². The Bertz CT molecular complexity index is 566. The second kappa shape index (κ2) is 7.07. The highest BCUT2D eigenvalue weighted by Gasteiger charge is 2.18. The molecule has 20 heavy (non-hydrogen) atoms. The van der Waals surface area contributed by atoms with Crippen molar-refractivity contribution >= 4 is 23.2 Å². The van der Waals surface area contributed by atoms with Crippen molar-refractivity contribution in [1.29, 1.82) is 0 Å². The lowest BCUT2D eigenvalue weighted by Gasteiger charge is -2.19. The maximum absolute atomic E-state index is 13.9. The fourth-order valence-corrected chi connectivity index (χ4v) is 2.85. The summed E-state index contributed by atoms with van der Waals surface area (Å²) in [5, 5.41) is 4.28. The molecule has 0 saturated carbocycles. The number of halogens is 3. The van der Waals surface area contributed by atoms with Gasteiger partial charge in [-0.1, -0.05) is 47.5 Å². The van der Waals surface area contributed by atoms with Crippen LogP contribution in [-0.2, 0) is 6.42 Å². The molecule has 0 heterocycles. The lowest BCUT2D eigenvalue weighted by Crippen LogP contribution is -2.20. The van der Waals surface area contributed by atoms with Gasteiger partial charge in [0.15, 0.2) is 0 Å². The predicted molar refractivity (Wildman–Crippen MR) is 83.2 cm³/mol. The van der Waals surface area contributed by atoms with E-state index >= 15 is 0 Å². The molecule has 0 aliphatic rings. The molecule has 0 spiro atoms. The third-order valence-electron chi connectivity index (χ3n) is 3.31.